The highest BCUT2D eigenvalue weighted by Gasteiger charge is 2.39. The van der Waals surface area contributed by atoms with Crippen molar-refractivity contribution in [2.45, 2.75) is 50.9 Å². The quantitative estimate of drug-likeness (QED) is 0.644. The van der Waals surface area contributed by atoms with Crippen LogP contribution in [0, 0.1) is 0 Å². The van der Waals surface area contributed by atoms with Gasteiger partial charge >= 0.3 is 5.97 Å². The zero-order chi connectivity index (χ0) is 22.2. The van der Waals surface area contributed by atoms with E-state index in [1.54, 1.807) is 11.8 Å². The summed E-state index contributed by atoms with van der Waals surface area (Å²) in [5.41, 5.74) is 1.93. The van der Waals surface area contributed by atoms with E-state index in [1.807, 2.05) is 60.7 Å². The van der Waals surface area contributed by atoms with E-state index < -0.39 is 18.1 Å². The van der Waals surface area contributed by atoms with Crippen LogP contribution in [0.5, 0.6) is 0 Å². The van der Waals surface area contributed by atoms with Crippen molar-refractivity contribution in [3.05, 3.63) is 71.8 Å². The van der Waals surface area contributed by atoms with E-state index in [9.17, 15) is 14.4 Å². The molecule has 0 spiro atoms. The normalized spacial score (nSPS) is 19.6. The van der Waals surface area contributed by atoms with E-state index in [4.69, 9.17) is 9.84 Å². The molecule has 1 aliphatic heterocycles. The van der Waals surface area contributed by atoms with Gasteiger partial charge in [-0.2, -0.15) is 0 Å². The minimum absolute atomic E-state index is 0.0544. The van der Waals surface area contributed by atoms with Gasteiger partial charge < -0.3 is 20.1 Å². The highest BCUT2D eigenvalue weighted by Crippen LogP contribution is 2.19. The van der Waals surface area contributed by atoms with Crippen LogP contribution in [0.2, 0.25) is 0 Å². The van der Waals surface area contributed by atoms with Gasteiger partial charge in [0, 0.05) is 19.0 Å². The molecule has 3 atom stereocenters. The predicted octanol–water partition coefficient (Wildman–Crippen LogP) is 2.39. The smallest absolute Gasteiger partial charge is 0.303 e. The van der Waals surface area contributed by atoms with Crippen LogP contribution in [0.1, 0.15) is 30.9 Å². The Bertz CT molecular complexity index is 887. The first-order valence-electron chi connectivity index (χ1n) is 10.4. The second kappa shape index (κ2) is 10.7. The van der Waals surface area contributed by atoms with Crippen molar-refractivity contribution < 1.29 is 24.2 Å². The zero-order valence-corrected chi connectivity index (χ0v) is 17.6. The van der Waals surface area contributed by atoms with Crippen molar-refractivity contribution in [3.8, 4) is 0 Å². The number of amides is 2. The van der Waals surface area contributed by atoms with E-state index in [2.05, 4.69) is 5.32 Å². The van der Waals surface area contributed by atoms with Crippen molar-refractivity contribution in [1.82, 2.24) is 10.2 Å². The van der Waals surface area contributed by atoms with Gasteiger partial charge in [-0.15, -0.1) is 0 Å². The van der Waals surface area contributed by atoms with Crippen LogP contribution < -0.4 is 5.32 Å². The molecule has 31 heavy (non-hydrogen) atoms. The number of aliphatic carboxylic acids is 1. The Hall–Kier alpha value is -3.19. The average molecular weight is 424 g/mol. The Morgan fingerprint density at radius 3 is 2.32 bits per heavy atom. The molecule has 1 aliphatic rings. The lowest BCUT2D eigenvalue weighted by molar-refractivity contribution is -0.163. The molecule has 2 amide bonds. The van der Waals surface area contributed by atoms with Crippen molar-refractivity contribution in [2.75, 3.05) is 6.61 Å². The maximum atomic E-state index is 13.3. The lowest BCUT2D eigenvalue weighted by Gasteiger charge is -2.39. The standard InChI is InChI=1S/C24H28N2O5/c1-17-23(26(21(27)16-31-17)15-19-10-6-3-7-11-19)24(30)25-20(12-13-22(28)29)14-18-8-4-2-5-9-18/h2-11,17,20,23H,12-16H2,1H3,(H,25,30)(H,28,29)/t17-,20?,23+/m1/s1. The molecule has 0 saturated carbocycles. The molecule has 0 radical (unpaired) electrons. The van der Waals surface area contributed by atoms with Gasteiger partial charge in [0.15, 0.2) is 0 Å². The summed E-state index contributed by atoms with van der Waals surface area (Å²) in [4.78, 5) is 38.5. The summed E-state index contributed by atoms with van der Waals surface area (Å²) in [6, 6.07) is 17.9. The molecule has 7 heteroatoms. The van der Waals surface area contributed by atoms with Crippen LogP contribution in [0.15, 0.2) is 60.7 Å². The SMILES string of the molecule is C[C@H]1OCC(=O)N(Cc2ccccc2)[C@@H]1C(=O)NC(CCC(=O)O)Cc1ccccc1. The Morgan fingerprint density at radius 1 is 1.10 bits per heavy atom. The van der Waals surface area contributed by atoms with Gasteiger partial charge in [-0.05, 0) is 30.9 Å². The summed E-state index contributed by atoms with van der Waals surface area (Å²) in [6.45, 7) is 2.02. The number of benzene rings is 2. The molecule has 1 unspecified atom stereocenters. The molecule has 164 valence electrons. The summed E-state index contributed by atoms with van der Waals surface area (Å²) >= 11 is 0. The van der Waals surface area contributed by atoms with Gasteiger partial charge in [0.25, 0.3) is 0 Å². The van der Waals surface area contributed by atoms with E-state index in [0.29, 0.717) is 19.4 Å². The Labute approximate surface area is 182 Å². The Morgan fingerprint density at radius 2 is 1.71 bits per heavy atom. The molecule has 2 aromatic carbocycles. The van der Waals surface area contributed by atoms with Crippen LogP contribution in [-0.2, 0) is 32.1 Å². The largest absolute Gasteiger partial charge is 0.481 e. The number of carbonyl (C=O) groups excluding carboxylic acids is 2. The number of nitrogens with zero attached hydrogens (tertiary/aromatic N) is 1. The van der Waals surface area contributed by atoms with E-state index >= 15 is 0 Å². The fraction of sp³-hybridized carbons (Fsp3) is 0.375. The number of carbonyl (C=O) groups is 3. The molecular weight excluding hydrogens is 396 g/mol. The fourth-order valence-electron chi connectivity index (χ4n) is 3.81. The molecule has 2 N–H and O–H groups in total. The minimum Gasteiger partial charge on any atom is -0.481 e. The number of nitrogens with one attached hydrogen (secondary N) is 1. The number of hydrogen-bond donors (Lipinski definition) is 2. The van der Waals surface area contributed by atoms with Crippen molar-refractivity contribution in [2.24, 2.45) is 0 Å². The summed E-state index contributed by atoms with van der Waals surface area (Å²) in [6.07, 6.45) is 0.276. The molecule has 1 saturated heterocycles. The molecule has 3 rings (SSSR count). The van der Waals surface area contributed by atoms with Gasteiger partial charge in [0.05, 0.1) is 6.10 Å². The van der Waals surface area contributed by atoms with E-state index in [-0.39, 0.29) is 30.9 Å². The summed E-state index contributed by atoms with van der Waals surface area (Å²) < 4.78 is 5.54. The molecule has 1 heterocycles. The Kier molecular flexibility index (Phi) is 7.78. The third-order valence-corrected chi connectivity index (χ3v) is 5.41. The monoisotopic (exact) mass is 424 g/mol. The van der Waals surface area contributed by atoms with Gasteiger partial charge in [0.2, 0.25) is 11.8 Å². The lowest BCUT2D eigenvalue weighted by Crippen LogP contribution is -2.60. The lowest BCUT2D eigenvalue weighted by atomic mass is 10.00. The number of rotatable bonds is 9. The molecule has 0 aliphatic carbocycles. The molecule has 0 bridgehead atoms. The third kappa shape index (κ3) is 6.39. The van der Waals surface area contributed by atoms with Crippen LogP contribution in [0.3, 0.4) is 0 Å². The first kappa shape index (κ1) is 22.5. The second-order valence-corrected chi connectivity index (χ2v) is 7.80. The first-order valence-corrected chi connectivity index (χ1v) is 10.4. The summed E-state index contributed by atoms with van der Waals surface area (Å²) in [7, 11) is 0. The number of ether oxygens (including phenoxy) is 1. The topological polar surface area (TPSA) is 95.9 Å². The maximum absolute atomic E-state index is 13.3. The highest BCUT2D eigenvalue weighted by molar-refractivity contribution is 5.89. The maximum Gasteiger partial charge on any atom is 0.303 e. The first-order chi connectivity index (χ1) is 14.9. The average Bonchev–Trinajstić information content (AvgIpc) is 2.76. The molecule has 0 aromatic heterocycles. The Balaban J connectivity index is 1.76. The molecule has 7 nitrogen and oxygen atoms in total. The van der Waals surface area contributed by atoms with Crippen molar-refractivity contribution in [3.63, 3.8) is 0 Å². The van der Waals surface area contributed by atoms with E-state index in [1.165, 1.54) is 0 Å². The third-order valence-electron chi connectivity index (χ3n) is 5.41. The van der Waals surface area contributed by atoms with Crippen LogP contribution in [-0.4, -0.2) is 52.6 Å². The number of carboxylic acid groups (broad SMARTS) is 1. The van der Waals surface area contributed by atoms with Gasteiger partial charge in [-0.3, -0.25) is 14.4 Å². The molecule has 2 aromatic rings. The van der Waals surface area contributed by atoms with Crippen LogP contribution in [0.4, 0.5) is 0 Å². The summed E-state index contributed by atoms with van der Waals surface area (Å²) in [5, 5.41) is 12.1. The minimum atomic E-state index is -0.914. The van der Waals surface area contributed by atoms with Crippen molar-refractivity contribution in [1.29, 1.82) is 0 Å². The van der Waals surface area contributed by atoms with Gasteiger partial charge in [-0.1, -0.05) is 60.7 Å². The van der Waals surface area contributed by atoms with E-state index in [0.717, 1.165) is 11.1 Å². The second-order valence-electron chi connectivity index (χ2n) is 7.80. The molecule has 1 fully saturated rings. The predicted molar refractivity (Wildman–Crippen MR) is 115 cm³/mol. The summed E-state index contributed by atoms with van der Waals surface area (Å²) in [5.74, 6) is -1.49. The number of carboxylic acids is 1. The highest BCUT2D eigenvalue weighted by atomic mass is 16.5. The van der Waals surface area contributed by atoms with Gasteiger partial charge in [0.1, 0.15) is 12.6 Å². The number of morpholine rings is 1. The van der Waals surface area contributed by atoms with Crippen LogP contribution in [0.25, 0.3) is 0 Å². The van der Waals surface area contributed by atoms with Gasteiger partial charge in [-0.25, -0.2) is 0 Å². The number of hydrogen-bond acceptors (Lipinski definition) is 4. The zero-order valence-electron chi connectivity index (χ0n) is 17.6. The van der Waals surface area contributed by atoms with Crippen molar-refractivity contribution >= 4 is 17.8 Å². The van der Waals surface area contributed by atoms with Crippen LogP contribution >= 0.6 is 0 Å². The molecular formula is C24H28N2O5. The fourth-order valence-corrected chi connectivity index (χ4v) is 3.81.